The van der Waals surface area contributed by atoms with Crippen molar-refractivity contribution < 1.29 is 19.1 Å². The lowest BCUT2D eigenvalue weighted by Crippen LogP contribution is -2.43. The van der Waals surface area contributed by atoms with Crippen LogP contribution in [-0.4, -0.2) is 32.1 Å². The van der Waals surface area contributed by atoms with E-state index in [1.54, 1.807) is 30.3 Å². The lowest BCUT2D eigenvalue weighted by Gasteiger charge is -2.17. The number of ether oxygens (including phenoxy) is 2. The van der Waals surface area contributed by atoms with Gasteiger partial charge in [0.15, 0.2) is 0 Å². The first kappa shape index (κ1) is 19.8. The third kappa shape index (κ3) is 4.99. The van der Waals surface area contributed by atoms with E-state index in [0.29, 0.717) is 16.3 Å². The third-order valence-electron chi connectivity index (χ3n) is 3.93. The van der Waals surface area contributed by atoms with Gasteiger partial charge in [-0.25, -0.2) is 4.79 Å². The number of carbonyl (C=O) groups excluding carboxylic acids is 2. The molecular weight excluding hydrogens is 354 g/mol. The number of benzene rings is 2. The molecular formula is C20H22ClNO4. The van der Waals surface area contributed by atoms with E-state index in [9.17, 15) is 9.59 Å². The standard InChI is InChI=1S/C20H22ClNO4/c1-12-7-13(2)9-15(8-12)19(23)22-17(20(24)26-4)11-14-5-6-18(25-3)16(21)10-14/h5-10,17H,11H2,1-4H3,(H,22,23)/t17-/m1/s1. The molecule has 1 amide bonds. The first-order valence-electron chi connectivity index (χ1n) is 8.13. The summed E-state index contributed by atoms with van der Waals surface area (Å²) < 4.78 is 9.96. The van der Waals surface area contributed by atoms with Crippen LogP contribution in [0.5, 0.6) is 5.75 Å². The lowest BCUT2D eigenvalue weighted by atomic mass is 10.0. The molecule has 0 saturated heterocycles. The second kappa shape index (κ2) is 8.72. The van der Waals surface area contributed by atoms with Crippen LogP contribution in [0.2, 0.25) is 5.02 Å². The molecule has 138 valence electrons. The van der Waals surface area contributed by atoms with Gasteiger partial charge >= 0.3 is 5.97 Å². The Morgan fingerprint density at radius 1 is 1.08 bits per heavy atom. The van der Waals surface area contributed by atoms with Gasteiger partial charge in [-0.2, -0.15) is 0 Å². The highest BCUT2D eigenvalue weighted by molar-refractivity contribution is 6.32. The number of nitrogens with one attached hydrogen (secondary N) is 1. The molecule has 0 aromatic heterocycles. The van der Waals surface area contributed by atoms with Crippen molar-refractivity contribution in [1.29, 1.82) is 0 Å². The Morgan fingerprint density at radius 2 is 1.73 bits per heavy atom. The average Bonchev–Trinajstić information content (AvgIpc) is 2.59. The highest BCUT2D eigenvalue weighted by Gasteiger charge is 2.23. The average molecular weight is 376 g/mol. The second-order valence-corrected chi connectivity index (χ2v) is 6.51. The Bertz CT molecular complexity index is 799. The number of hydrogen-bond acceptors (Lipinski definition) is 4. The monoisotopic (exact) mass is 375 g/mol. The minimum Gasteiger partial charge on any atom is -0.495 e. The molecule has 0 fully saturated rings. The van der Waals surface area contributed by atoms with Crippen molar-refractivity contribution in [2.45, 2.75) is 26.3 Å². The zero-order chi connectivity index (χ0) is 19.3. The minimum atomic E-state index is -0.822. The van der Waals surface area contributed by atoms with Gasteiger partial charge in [-0.05, 0) is 43.7 Å². The third-order valence-corrected chi connectivity index (χ3v) is 4.23. The molecule has 0 saturated carbocycles. The van der Waals surface area contributed by atoms with Crippen molar-refractivity contribution in [2.24, 2.45) is 0 Å². The largest absolute Gasteiger partial charge is 0.495 e. The van der Waals surface area contributed by atoms with Gasteiger partial charge in [0.1, 0.15) is 11.8 Å². The van der Waals surface area contributed by atoms with E-state index in [-0.39, 0.29) is 12.3 Å². The number of carbonyl (C=O) groups is 2. The van der Waals surface area contributed by atoms with Crippen molar-refractivity contribution in [2.75, 3.05) is 14.2 Å². The Hall–Kier alpha value is -2.53. The predicted molar refractivity (Wildman–Crippen MR) is 101 cm³/mol. The van der Waals surface area contributed by atoms with Crippen LogP contribution >= 0.6 is 11.6 Å². The minimum absolute atomic E-state index is 0.257. The predicted octanol–water partition coefficient (Wildman–Crippen LogP) is 3.48. The van der Waals surface area contributed by atoms with Crippen LogP contribution in [0, 0.1) is 13.8 Å². The van der Waals surface area contributed by atoms with E-state index in [1.165, 1.54) is 14.2 Å². The fourth-order valence-electron chi connectivity index (χ4n) is 2.76. The van der Waals surface area contributed by atoms with Crippen LogP contribution in [0.4, 0.5) is 0 Å². The Kier molecular flexibility index (Phi) is 6.64. The molecule has 2 aromatic rings. The molecule has 1 N–H and O–H groups in total. The number of esters is 1. The van der Waals surface area contributed by atoms with Gasteiger partial charge in [0, 0.05) is 12.0 Å². The zero-order valence-electron chi connectivity index (χ0n) is 15.3. The van der Waals surface area contributed by atoms with Gasteiger partial charge in [-0.3, -0.25) is 4.79 Å². The molecule has 0 unspecified atom stereocenters. The number of methoxy groups -OCH3 is 2. The summed E-state index contributed by atoms with van der Waals surface area (Å²) in [6.07, 6.45) is 0.257. The van der Waals surface area contributed by atoms with E-state index < -0.39 is 12.0 Å². The Morgan fingerprint density at radius 3 is 2.27 bits per heavy atom. The second-order valence-electron chi connectivity index (χ2n) is 6.10. The van der Waals surface area contributed by atoms with Gasteiger partial charge < -0.3 is 14.8 Å². The van der Waals surface area contributed by atoms with E-state index in [1.807, 2.05) is 19.9 Å². The summed E-state index contributed by atoms with van der Waals surface area (Å²) in [5, 5.41) is 3.19. The fraction of sp³-hybridized carbons (Fsp3) is 0.300. The highest BCUT2D eigenvalue weighted by atomic mass is 35.5. The quantitative estimate of drug-likeness (QED) is 0.785. The molecule has 0 spiro atoms. The molecule has 26 heavy (non-hydrogen) atoms. The molecule has 5 nitrogen and oxygen atoms in total. The molecule has 0 aliphatic carbocycles. The van der Waals surface area contributed by atoms with Gasteiger partial charge in [0.05, 0.1) is 19.2 Å². The van der Waals surface area contributed by atoms with Gasteiger partial charge in [-0.15, -0.1) is 0 Å². The van der Waals surface area contributed by atoms with Crippen LogP contribution in [-0.2, 0) is 16.0 Å². The van der Waals surface area contributed by atoms with Crippen molar-refractivity contribution in [3.63, 3.8) is 0 Å². The van der Waals surface area contributed by atoms with E-state index in [2.05, 4.69) is 5.32 Å². The van der Waals surface area contributed by atoms with E-state index in [0.717, 1.165) is 16.7 Å². The van der Waals surface area contributed by atoms with Crippen LogP contribution < -0.4 is 10.1 Å². The number of amides is 1. The summed E-state index contributed by atoms with van der Waals surface area (Å²) in [6.45, 7) is 3.84. The summed E-state index contributed by atoms with van der Waals surface area (Å²) in [7, 11) is 2.82. The SMILES string of the molecule is COC(=O)[C@@H](Cc1ccc(OC)c(Cl)c1)NC(=O)c1cc(C)cc(C)c1. The lowest BCUT2D eigenvalue weighted by molar-refractivity contribution is -0.142. The molecule has 1 atom stereocenters. The van der Waals surface area contributed by atoms with Crippen LogP contribution in [0.3, 0.4) is 0 Å². The van der Waals surface area contributed by atoms with Gasteiger partial charge in [-0.1, -0.05) is 34.9 Å². The topological polar surface area (TPSA) is 64.6 Å². The zero-order valence-corrected chi connectivity index (χ0v) is 16.0. The molecule has 0 radical (unpaired) electrons. The van der Waals surface area contributed by atoms with E-state index >= 15 is 0 Å². The molecule has 0 heterocycles. The summed E-state index contributed by atoms with van der Waals surface area (Å²) in [6, 6.07) is 9.94. The van der Waals surface area contributed by atoms with Crippen LogP contribution in [0.15, 0.2) is 36.4 Å². The summed E-state index contributed by atoms with van der Waals surface area (Å²) >= 11 is 6.13. The maximum absolute atomic E-state index is 12.6. The number of aryl methyl sites for hydroxylation is 2. The van der Waals surface area contributed by atoms with E-state index in [4.69, 9.17) is 21.1 Å². The molecule has 2 aromatic carbocycles. The maximum atomic E-state index is 12.6. The van der Waals surface area contributed by atoms with Crippen molar-refractivity contribution in [3.05, 3.63) is 63.7 Å². The first-order valence-corrected chi connectivity index (χ1v) is 8.51. The number of halogens is 1. The summed E-state index contributed by atoms with van der Waals surface area (Å²) in [4.78, 5) is 24.7. The van der Waals surface area contributed by atoms with Gasteiger partial charge in [0.25, 0.3) is 5.91 Å². The van der Waals surface area contributed by atoms with Gasteiger partial charge in [0.2, 0.25) is 0 Å². The first-order chi connectivity index (χ1) is 12.3. The van der Waals surface area contributed by atoms with Crippen molar-refractivity contribution in [1.82, 2.24) is 5.32 Å². The van der Waals surface area contributed by atoms with Crippen LogP contribution in [0.25, 0.3) is 0 Å². The van der Waals surface area contributed by atoms with Crippen molar-refractivity contribution in [3.8, 4) is 5.75 Å². The number of rotatable bonds is 6. The maximum Gasteiger partial charge on any atom is 0.328 e. The smallest absolute Gasteiger partial charge is 0.328 e. The van der Waals surface area contributed by atoms with Crippen molar-refractivity contribution >= 4 is 23.5 Å². The highest BCUT2D eigenvalue weighted by Crippen LogP contribution is 2.25. The molecule has 6 heteroatoms. The molecule has 0 bridgehead atoms. The molecule has 0 aliphatic heterocycles. The van der Waals surface area contributed by atoms with Crippen LogP contribution in [0.1, 0.15) is 27.0 Å². The molecule has 2 rings (SSSR count). The summed E-state index contributed by atoms with van der Waals surface area (Å²) in [5.74, 6) is -0.300. The molecule has 0 aliphatic rings. The Labute approximate surface area is 158 Å². The fourth-order valence-corrected chi connectivity index (χ4v) is 3.04. The summed E-state index contributed by atoms with van der Waals surface area (Å²) in [5.41, 5.74) is 3.24. The normalized spacial score (nSPS) is 11.6. The number of hydrogen-bond donors (Lipinski definition) is 1. The Balaban J connectivity index is 2.20.